The molecule has 0 saturated heterocycles. The molecule has 2 N–H and O–H groups in total. The minimum Gasteiger partial charge on any atom is -0.496 e. The first-order chi connectivity index (χ1) is 15.3. The minimum atomic E-state index is -1.23. The molecule has 1 aliphatic rings. The predicted octanol–water partition coefficient (Wildman–Crippen LogP) is 3.34. The van der Waals surface area contributed by atoms with E-state index in [0.717, 1.165) is 16.0 Å². The van der Waals surface area contributed by atoms with Gasteiger partial charge < -0.3 is 24.8 Å². The third kappa shape index (κ3) is 5.18. The van der Waals surface area contributed by atoms with Gasteiger partial charge in [0.2, 0.25) is 5.91 Å². The molecule has 1 atom stereocenters. The molecule has 1 aliphatic heterocycles. The van der Waals surface area contributed by atoms with Crippen LogP contribution in [0.5, 0.6) is 5.75 Å². The van der Waals surface area contributed by atoms with Crippen molar-refractivity contribution in [3.05, 3.63) is 45.8 Å². The number of carbonyl (C=O) groups excluding carboxylic acids is 2. The van der Waals surface area contributed by atoms with Crippen LogP contribution in [0.15, 0.2) is 24.3 Å². The van der Waals surface area contributed by atoms with E-state index < -0.39 is 18.7 Å². The van der Waals surface area contributed by atoms with Crippen LogP contribution in [0.25, 0.3) is 0 Å². The van der Waals surface area contributed by atoms with Crippen molar-refractivity contribution in [3.63, 3.8) is 0 Å². The van der Waals surface area contributed by atoms with E-state index in [4.69, 9.17) is 14.6 Å². The second kappa shape index (κ2) is 10.2. The molecule has 0 unspecified atom stereocenters. The summed E-state index contributed by atoms with van der Waals surface area (Å²) >= 11 is 1.25. The Labute approximate surface area is 189 Å². The first-order valence-corrected chi connectivity index (χ1v) is 10.8. The van der Waals surface area contributed by atoms with Crippen LogP contribution in [0.4, 0.5) is 9.80 Å². The third-order valence-corrected chi connectivity index (χ3v) is 6.29. The number of methoxy groups -OCH3 is 1. The van der Waals surface area contributed by atoms with E-state index in [1.807, 2.05) is 31.2 Å². The average Bonchev–Trinajstić information content (AvgIpc) is 3.12. The zero-order valence-electron chi connectivity index (χ0n) is 17.7. The Morgan fingerprint density at radius 1 is 1.34 bits per heavy atom. The van der Waals surface area contributed by atoms with Gasteiger partial charge >= 0.3 is 12.1 Å². The number of fused-ring (bicyclic) bond motifs is 1. The average molecular weight is 458 g/mol. The minimum absolute atomic E-state index is 0.0919. The summed E-state index contributed by atoms with van der Waals surface area (Å²) in [4.78, 5) is 37.5. The second-order valence-electron chi connectivity index (χ2n) is 7.33. The normalized spacial score (nSPS) is 13.5. The molecule has 168 valence electrons. The predicted molar refractivity (Wildman–Crippen MR) is 117 cm³/mol. The molecule has 0 saturated carbocycles. The van der Waals surface area contributed by atoms with Gasteiger partial charge in [-0.2, -0.15) is 5.26 Å². The van der Waals surface area contributed by atoms with Gasteiger partial charge in [0, 0.05) is 17.8 Å². The number of hydrogen-bond acceptors (Lipinski definition) is 7. The molecule has 2 aromatic rings. The Balaban J connectivity index is 1.69. The van der Waals surface area contributed by atoms with E-state index in [1.165, 1.54) is 16.2 Å². The van der Waals surface area contributed by atoms with Crippen molar-refractivity contribution in [2.24, 2.45) is 0 Å². The number of rotatable bonds is 7. The molecule has 2 amide bonds. The molecule has 0 aliphatic carbocycles. The maximum atomic E-state index is 12.7. The van der Waals surface area contributed by atoms with Crippen LogP contribution in [0.1, 0.15) is 40.8 Å². The largest absolute Gasteiger partial charge is 0.496 e. The topological polar surface area (TPSA) is 129 Å². The Morgan fingerprint density at radius 3 is 2.78 bits per heavy atom. The van der Waals surface area contributed by atoms with E-state index in [2.05, 4.69) is 11.4 Å². The number of nitrogens with zero attached hydrogens (tertiary/aromatic N) is 2. The zero-order chi connectivity index (χ0) is 23.3. The number of aliphatic carboxylic acids is 1. The number of carboxylic acid groups (broad SMARTS) is 1. The van der Waals surface area contributed by atoms with Gasteiger partial charge in [-0.1, -0.05) is 25.1 Å². The Bertz CT molecular complexity index is 1070. The number of ether oxygens (including phenoxy) is 2. The number of amides is 2. The number of hydrogen-bond donors (Lipinski definition) is 2. The van der Waals surface area contributed by atoms with Crippen LogP contribution >= 0.6 is 11.3 Å². The fourth-order valence-electron chi connectivity index (χ4n) is 3.62. The highest BCUT2D eigenvalue weighted by atomic mass is 32.1. The fourth-order valence-corrected chi connectivity index (χ4v) is 4.85. The highest BCUT2D eigenvalue weighted by Crippen LogP contribution is 2.37. The zero-order valence-corrected chi connectivity index (χ0v) is 18.5. The molecule has 0 fully saturated rings. The fraction of sp³-hybridized carbons (Fsp3) is 0.364. The SMILES string of the molecule is COc1ccccc1[C@@H](C)CC(=O)Nc1sc2c(c1C#N)CCN(C(=O)OCC(=O)O)C2. The molecule has 1 aromatic heterocycles. The van der Waals surface area contributed by atoms with Gasteiger partial charge in [0.25, 0.3) is 0 Å². The number of benzene rings is 1. The summed E-state index contributed by atoms with van der Waals surface area (Å²) < 4.78 is 10.1. The van der Waals surface area contributed by atoms with E-state index in [0.29, 0.717) is 29.3 Å². The van der Waals surface area contributed by atoms with Gasteiger partial charge in [0.05, 0.1) is 19.2 Å². The first kappa shape index (κ1) is 23.1. The lowest BCUT2D eigenvalue weighted by atomic mass is 9.96. The molecule has 0 spiro atoms. The molecule has 1 aromatic carbocycles. The Hall–Kier alpha value is -3.58. The van der Waals surface area contributed by atoms with E-state index in [9.17, 15) is 19.6 Å². The number of nitriles is 1. The molecule has 2 heterocycles. The molecule has 3 rings (SSSR count). The Kier molecular flexibility index (Phi) is 7.33. The molecule has 32 heavy (non-hydrogen) atoms. The summed E-state index contributed by atoms with van der Waals surface area (Å²) in [6.45, 7) is 1.72. The summed E-state index contributed by atoms with van der Waals surface area (Å²) in [6.07, 6.45) is -0.0903. The quantitative estimate of drug-likeness (QED) is 0.652. The third-order valence-electron chi connectivity index (χ3n) is 5.16. The summed E-state index contributed by atoms with van der Waals surface area (Å²) in [7, 11) is 1.59. The van der Waals surface area contributed by atoms with Crippen molar-refractivity contribution in [3.8, 4) is 11.8 Å². The Morgan fingerprint density at radius 2 is 2.09 bits per heavy atom. The van der Waals surface area contributed by atoms with E-state index >= 15 is 0 Å². The van der Waals surface area contributed by atoms with Crippen LogP contribution in [0.3, 0.4) is 0 Å². The van der Waals surface area contributed by atoms with Gasteiger partial charge in [0.1, 0.15) is 16.8 Å². The van der Waals surface area contributed by atoms with Gasteiger partial charge in [0.15, 0.2) is 6.61 Å². The standard InChI is InChI=1S/C22H23N3O6S/c1-13(14-5-3-4-6-17(14)30-2)9-19(26)24-21-16(10-23)15-7-8-25(11-18(15)32-21)22(29)31-12-20(27)28/h3-6,13H,7-9,11-12H2,1-2H3,(H,24,26)(H,27,28)/t13-/m0/s1. The van der Waals surface area contributed by atoms with Crippen LogP contribution in [0.2, 0.25) is 0 Å². The first-order valence-electron chi connectivity index (χ1n) is 9.94. The highest BCUT2D eigenvalue weighted by molar-refractivity contribution is 7.16. The maximum absolute atomic E-state index is 12.7. The summed E-state index contributed by atoms with van der Waals surface area (Å²) in [5.41, 5.74) is 2.13. The molecular weight excluding hydrogens is 434 g/mol. The van der Waals surface area contributed by atoms with E-state index in [1.54, 1.807) is 7.11 Å². The lowest BCUT2D eigenvalue weighted by molar-refractivity contribution is -0.140. The van der Waals surface area contributed by atoms with Crippen molar-refractivity contribution in [1.29, 1.82) is 5.26 Å². The van der Waals surface area contributed by atoms with Crippen molar-refractivity contribution < 1.29 is 29.0 Å². The number of carboxylic acids is 1. The smallest absolute Gasteiger partial charge is 0.410 e. The number of anilines is 1. The number of carbonyl (C=O) groups is 3. The van der Waals surface area contributed by atoms with Crippen molar-refractivity contribution in [2.45, 2.75) is 32.2 Å². The number of para-hydroxylation sites is 1. The lowest BCUT2D eigenvalue weighted by Gasteiger charge is -2.25. The monoisotopic (exact) mass is 457 g/mol. The molecule has 0 bridgehead atoms. The maximum Gasteiger partial charge on any atom is 0.410 e. The highest BCUT2D eigenvalue weighted by Gasteiger charge is 2.28. The van der Waals surface area contributed by atoms with Crippen LogP contribution in [-0.4, -0.2) is 48.2 Å². The van der Waals surface area contributed by atoms with Gasteiger partial charge in [-0.15, -0.1) is 11.3 Å². The number of thiophene rings is 1. The van der Waals surface area contributed by atoms with Crippen LogP contribution < -0.4 is 10.1 Å². The second-order valence-corrected chi connectivity index (χ2v) is 8.44. The van der Waals surface area contributed by atoms with Gasteiger partial charge in [-0.3, -0.25) is 4.79 Å². The van der Waals surface area contributed by atoms with Crippen molar-refractivity contribution in [1.82, 2.24) is 4.90 Å². The summed E-state index contributed by atoms with van der Waals surface area (Å²) in [6, 6.07) is 9.68. The molecular formula is C22H23N3O6S. The van der Waals surface area contributed by atoms with Crippen LogP contribution in [-0.2, 0) is 27.3 Å². The summed E-state index contributed by atoms with van der Waals surface area (Å²) in [5, 5.41) is 21.6. The van der Waals surface area contributed by atoms with Gasteiger partial charge in [-0.25, -0.2) is 9.59 Å². The molecule has 0 radical (unpaired) electrons. The van der Waals surface area contributed by atoms with Crippen molar-refractivity contribution >= 4 is 34.3 Å². The number of nitrogens with one attached hydrogen (secondary N) is 1. The van der Waals surface area contributed by atoms with Crippen LogP contribution in [0, 0.1) is 11.3 Å². The van der Waals surface area contributed by atoms with E-state index in [-0.39, 0.29) is 24.8 Å². The molecule has 9 nitrogen and oxygen atoms in total. The summed E-state index contributed by atoms with van der Waals surface area (Å²) in [5.74, 6) is -0.833. The van der Waals surface area contributed by atoms with Gasteiger partial charge in [-0.05, 0) is 29.5 Å². The molecule has 10 heteroatoms. The van der Waals surface area contributed by atoms with Crippen molar-refractivity contribution in [2.75, 3.05) is 25.6 Å². The lowest BCUT2D eigenvalue weighted by Crippen LogP contribution is -2.36.